The quantitative estimate of drug-likeness (QED) is 0.770. The van der Waals surface area contributed by atoms with Crippen LogP contribution in [0.15, 0.2) is 24.3 Å². The number of carbonyl (C=O) groups excluding carboxylic acids is 1. The third-order valence-corrected chi connectivity index (χ3v) is 5.46. The topological polar surface area (TPSA) is 95.5 Å². The van der Waals surface area contributed by atoms with Crippen molar-refractivity contribution >= 4 is 21.6 Å². The predicted octanol–water partition coefficient (Wildman–Crippen LogP) is 1.68. The summed E-state index contributed by atoms with van der Waals surface area (Å²) in [7, 11) is -3.26. The van der Waals surface area contributed by atoms with Gasteiger partial charge in [-0.3, -0.25) is 0 Å². The number of amides is 2. The van der Waals surface area contributed by atoms with Gasteiger partial charge in [0.2, 0.25) is 0 Å². The van der Waals surface area contributed by atoms with Gasteiger partial charge in [0.1, 0.15) is 0 Å². The van der Waals surface area contributed by atoms with Crippen LogP contribution in [-0.2, 0) is 9.84 Å². The van der Waals surface area contributed by atoms with Crippen LogP contribution in [-0.4, -0.2) is 37.1 Å². The number of urea groups is 1. The summed E-state index contributed by atoms with van der Waals surface area (Å²) in [5, 5.41) is 14.6. The molecule has 0 fully saturated rings. The van der Waals surface area contributed by atoms with Crippen molar-refractivity contribution in [3.05, 3.63) is 29.8 Å². The van der Waals surface area contributed by atoms with Gasteiger partial charge in [0.05, 0.1) is 10.9 Å². The summed E-state index contributed by atoms with van der Waals surface area (Å²) in [6.07, 6.45) is 0.512. The van der Waals surface area contributed by atoms with E-state index in [1.807, 2.05) is 0 Å². The van der Waals surface area contributed by atoms with Crippen molar-refractivity contribution in [2.24, 2.45) is 0 Å². The van der Waals surface area contributed by atoms with Crippen LogP contribution >= 0.6 is 0 Å². The molecule has 2 amide bonds. The van der Waals surface area contributed by atoms with Crippen LogP contribution in [0.4, 0.5) is 10.5 Å². The Bertz CT molecular complexity index is 609. The zero-order chi connectivity index (χ0) is 16.3. The third-order valence-electron chi connectivity index (χ3n) is 3.31. The largest absolute Gasteiger partial charge is 0.389 e. The van der Waals surface area contributed by atoms with E-state index in [2.05, 4.69) is 10.6 Å². The lowest BCUT2D eigenvalue weighted by Gasteiger charge is -2.22. The summed E-state index contributed by atoms with van der Waals surface area (Å²) in [5.41, 5.74) is 1.22. The Balaban J connectivity index is 2.65. The highest BCUT2D eigenvalue weighted by atomic mass is 32.2. The average molecular weight is 314 g/mol. The molecule has 7 heteroatoms. The Morgan fingerprint density at radius 1 is 1.38 bits per heavy atom. The monoisotopic (exact) mass is 314 g/mol. The summed E-state index contributed by atoms with van der Waals surface area (Å²) < 4.78 is 22.1. The molecular weight excluding hydrogens is 292 g/mol. The van der Waals surface area contributed by atoms with Gasteiger partial charge in [0.25, 0.3) is 0 Å². The second-order valence-electron chi connectivity index (χ2n) is 5.64. The van der Waals surface area contributed by atoms with E-state index in [1.54, 1.807) is 45.0 Å². The van der Waals surface area contributed by atoms with Crippen LogP contribution in [0.1, 0.15) is 32.4 Å². The molecule has 0 heterocycles. The van der Waals surface area contributed by atoms with E-state index >= 15 is 0 Å². The van der Waals surface area contributed by atoms with Crippen LogP contribution < -0.4 is 10.6 Å². The average Bonchev–Trinajstić information content (AvgIpc) is 2.35. The molecule has 0 spiro atoms. The number of carbonyl (C=O) groups is 1. The van der Waals surface area contributed by atoms with Crippen molar-refractivity contribution in [1.82, 2.24) is 5.32 Å². The van der Waals surface area contributed by atoms with Crippen LogP contribution in [0.25, 0.3) is 0 Å². The van der Waals surface area contributed by atoms with Crippen molar-refractivity contribution in [3.8, 4) is 0 Å². The molecule has 0 aromatic heterocycles. The standard InChI is InChI=1S/C14H22N2O4S/c1-10(17)11-6-5-7-12(8-11)16-13(18)15-9-14(2,3)21(4,19)20/h5-8,10,17H,9H2,1-4H3,(H2,15,16,18). The van der Waals surface area contributed by atoms with Crippen LogP contribution in [0.2, 0.25) is 0 Å². The number of hydrogen-bond donors (Lipinski definition) is 3. The van der Waals surface area contributed by atoms with Gasteiger partial charge in [0, 0.05) is 18.5 Å². The van der Waals surface area contributed by atoms with Gasteiger partial charge in [-0.1, -0.05) is 12.1 Å². The molecule has 1 atom stereocenters. The summed E-state index contributed by atoms with van der Waals surface area (Å²) >= 11 is 0. The second-order valence-corrected chi connectivity index (χ2v) is 8.29. The normalized spacial score (nSPS) is 13.6. The molecule has 0 radical (unpaired) electrons. The summed E-state index contributed by atoms with van der Waals surface area (Å²) in [6.45, 7) is 4.74. The number of nitrogens with one attached hydrogen (secondary N) is 2. The Morgan fingerprint density at radius 2 is 2.00 bits per heavy atom. The predicted molar refractivity (Wildman–Crippen MR) is 83.0 cm³/mol. The molecule has 0 aliphatic heterocycles. The van der Waals surface area contributed by atoms with Crippen LogP contribution in [0.3, 0.4) is 0 Å². The van der Waals surface area contributed by atoms with Crippen molar-refractivity contribution in [2.75, 3.05) is 18.1 Å². The number of aliphatic hydroxyl groups is 1. The summed E-state index contributed by atoms with van der Waals surface area (Å²) in [4.78, 5) is 11.8. The molecular formula is C14H22N2O4S. The van der Waals surface area contributed by atoms with Crippen LogP contribution in [0.5, 0.6) is 0 Å². The molecule has 0 bridgehead atoms. The lowest BCUT2D eigenvalue weighted by molar-refractivity contribution is 0.199. The van der Waals surface area contributed by atoms with Gasteiger partial charge in [-0.05, 0) is 38.5 Å². The van der Waals surface area contributed by atoms with E-state index in [1.165, 1.54) is 0 Å². The molecule has 1 aromatic rings. The Hall–Kier alpha value is -1.60. The highest BCUT2D eigenvalue weighted by molar-refractivity contribution is 7.92. The van der Waals surface area contributed by atoms with Crippen molar-refractivity contribution in [2.45, 2.75) is 31.6 Å². The molecule has 3 N–H and O–H groups in total. The zero-order valence-electron chi connectivity index (χ0n) is 12.7. The van der Waals surface area contributed by atoms with Gasteiger partial charge >= 0.3 is 6.03 Å². The van der Waals surface area contributed by atoms with Crippen molar-refractivity contribution in [1.29, 1.82) is 0 Å². The van der Waals surface area contributed by atoms with E-state index in [-0.39, 0.29) is 6.54 Å². The first-order valence-corrected chi connectivity index (χ1v) is 8.44. The first kappa shape index (κ1) is 17.5. The van der Waals surface area contributed by atoms with Gasteiger partial charge in [-0.15, -0.1) is 0 Å². The van der Waals surface area contributed by atoms with Gasteiger partial charge < -0.3 is 15.7 Å². The first-order valence-electron chi connectivity index (χ1n) is 6.55. The third kappa shape index (κ3) is 5.02. The number of rotatable bonds is 5. The Kier molecular flexibility index (Phi) is 5.36. The van der Waals surface area contributed by atoms with E-state index in [9.17, 15) is 18.3 Å². The maximum absolute atomic E-state index is 11.8. The number of anilines is 1. The fraction of sp³-hybridized carbons (Fsp3) is 0.500. The second kappa shape index (κ2) is 6.44. The maximum Gasteiger partial charge on any atom is 0.319 e. The van der Waals surface area contributed by atoms with Gasteiger partial charge in [0.15, 0.2) is 9.84 Å². The molecule has 21 heavy (non-hydrogen) atoms. The minimum Gasteiger partial charge on any atom is -0.389 e. The van der Waals surface area contributed by atoms with Crippen LogP contribution in [0, 0.1) is 0 Å². The van der Waals surface area contributed by atoms with Gasteiger partial charge in [-0.2, -0.15) is 0 Å². The molecule has 0 saturated heterocycles. The zero-order valence-corrected chi connectivity index (χ0v) is 13.5. The fourth-order valence-electron chi connectivity index (χ4n) is 1.48. The number of aliphatic hydroxyl groups excluding tert-OH is 1. The highest BCUT2D eigenvalue weighted by Gasteiger charge is 2.30. The molecule has 0 saturated carbocycles. The number of hydrogen-bond acceptors (Lipinski definition) is 4. The van der Waals surface area contributed by atoms with E-state index in [4.69, 9.17) is 0 Å². The summed E-state index contributed by atoms with van der Waals surface area (Å²) in [6, 6.07) is 6.33. The molecule has 6 nitrogen and oxygen atoms in total. The molecule has 1 aromatic carbocycles. The van der Waals surface area contributed by atoms with Gasteiger partial charge in [-0.25, -0.2) is 13.2 Å². The lowest BCUT2D eigenvalue weighted by Crippen LogP contribution is -2.45. The smallest absolute Gasteiger partial charge is 0.319 e. The SMILES string of the molecule is CC(O)c1cccc(NC(=O)NCC(C)(C)S(C)(=O)=O)c1. The number of benzene rings is 1. The van der Waals surface area contributed by atoms with E-state index in [0.29, 0.717) is 11.3 Å². The molecule has 0 aliphatic carbocycles. The minimum absolute atomic E-state index is 0.00770. The molecule has 1 rings (SSSR count). The number of sulfone groups is 1. The van der Waals surface area contributed by atoms with Crippen molar-refractivity contribution in [3.63, 3.8) is 0 Å². The molecule has 1 unspecified atom stereocenters. The summed E-state index contributed by atoms with van der Waals surface area (Å²) in [5.74, 6) is 0. The Labute approximate surface area is 125 Å². The minimum atomic E-state index is -3.26. The lowest BCUT2D eigenvalue weighted by atomic mass is 10.1. The maximum atomic E-state index is 11.8. The molecule has 118 valence electrons. The highest BCUT2D eigenvalue weighted by Crippen LogP contribution is 2.17. The fourth-order valence-corrected chi connectivity index (χ4v) is 1.81. The Morgan fingerprint density at radius 3 is 2.52 bits per heavy atom. The molecule has 0 aliphatic rings. The van der Waals surface area contributed by atoms with E-state index < -0.39 is 26.7 Å². The first-order chi connectivity index (χ1) is 9.53. The van der Waals surface area contributed by atoms with E-state index in [0.717, 1.165) is 6.26 Å². The van der Waals surface area contributed by atoms with Crippen molar-refractivity contribution < 1.29 is 18.3 Å².